The van der Waals surface area contributed by atoms with Crippen molar-refractivity contribution in [2.75, 3.05) is 23.7 Å². The molecule has 11 heteroatoms. The van der Waals surface area contributed by atoms with Gasteiger partial charge < -0.3 is 10.2 Å². The van der Waals surface area contributed by atoms with E-state index in [4.69, 9.17) is 34.8 Å². The maximum Gasteiger partial charge on any atom is 0.244 e. The SMILES string of the molecule is CCCNC(=O)[C@@H](Cc1ccccc1)N(Cc1c(Cl)cccc1Cl)C(=O)CN(c1ccc(Cl)cc1)S(C)(=O)=O. The lowest BCUT2D eigenvalue weighted by Crippen LogP contribution is -2.53. The lowest BCUT2D eigenvalue weighted by Gasteiger charge is -2.34. The molecule has 0 aliphatic rings. The zero-order valence-corrected chi connectivity index (χ0v) is 24.7. The van der Waals surface area contributed by atoms with Crippen molar-refractivity contribution in [3.8, 4) is 0 Å². The largest absolute Gasteiger partial charge is 0.354 e. The number of hydrogen-bond donors (Lipinski definition) is 1. The fourth-order valence-electron chi connectivity index (χ4n) is 3.99. The molecule has 0 aliphatic heterocycles. The summed E-state index contributed by atoms with van der Waals surface area (Å²) in [6.45, 7) is 1.69. The summed E-state index contributed by atoms with van der Waals surface area (Å²) in [6, 6.07) is 19.4. The average Bonchev–Trinajstić information content (AvgIpc) is 2.89. The van der Waals surface area contributed by atoms with E-state index in [0.29, 0.717) is 33.6 Å². The zero-order valence-electron chi connectivity index (χ0n) is 21.6. The van der Waals surface area contributed by atoms with Crippen molar-refractivity contribution in [1.82, 2.24) is 10.2 Å². The third kappa shape index (κ3) is 8.60. The van der Waals surface area contributed by atoms with Crippen LogP contribution in [0.15, 0.2) is 72.8 Å². The molecule has 0 saturated carbocycles. The van der Waals surface area contributed by atoms with E-state index >= 15 is 0 Å². The van der Waals surface area contributed by atoms with Crippen LogP contribution in [0.5, 0.6) is 0 Å². The molecule has 0 aromatic heterocycles. The van der Waals surface area contributed by atoms with Crippen LogP contribution in [0.2, 0.25) is 15.1 Å². The number of sulfonamides is 1. The number of halogens is 3. The van der Waals surface area contributed by atoms with Gasteiger partial charge in [-0.3, -0.25) is 13.9 Å². The monoisotopic (exact) mass is 609 g/mol. The van der Waals surface area contributed by atoms with Crippen LogP contribution in [-0.2, 0) is 32.6 Å². The Kier molecular flexibility index (Phi) is 11.1. The molecule has 1 N–H and O–H groups in total. The zero-order chi connectivity index (χ0) is 28.6. The first kappa shape index (κ1) is 30.8. The molecule has 3 rings (SSSR count). The predicted molar refractivity (Wildman–Crippen MR) is 158 cm³/mol. The van der Waals surface area contributed by atoms with Crippen LogP contribution in [-0.4, -0.2) is 50.5 Å². The third-order valence-corrected chi connectivity index (χ3v) is 8.11. The maximum absolute atomic E-state index is 14.0. The summed E-state index contributed by atoms with van der Waals surface area (Å²) in [7, 11) is -3.88. The van der Waals surface area contributed by atoms with Crippen LogP contribution in [0.1, 0.15) is 24.5 Å². The van der Waals surface area contributed by atoms with Gasteiger partial charge in [0.1, 0.15) is 12.6 Å². The number of rotatable bonds is 12. The van der Waals surface area contributed by atoms with Gasteiger partial charge in [-0.15, -0.1) is 0 Å². The van der Waals surface area contributed by atoms with E-state index in [2.05, 4.69) is 5.32 Å². The normalized spacial score (nSPS) is 12.0. The molecule has 0 fully saturated rings. The Balaban J connectivity index is 2.08. The standard InChI is InChI=1S/C28H30Cl3N3O4S/c1-3-16-32-28(36)26(17-20-8-5-4-6-9-20)33(18-23-24(30)10-7-11-25(23)31)27(35)19-34(39(2,37)38)22-14-12-21(29)13-15-22/h4-15,26H,3,16-19H2,1-2H3,(H,32,36)/t26-/m1/s1. The van der Waals surface area contributed by atoms with Gasteiger partial charge in [-0.25, -0.2) is 8.42 Å². The van der Waals surface area contributed by atoms with E-state index in [9.17, 15) is 18.0 Å². The van der Waals surface area contributed by atoms with Gasteiger partial charge in [-0.1, -0.05) is 78.1 Å². The van der Waals surface area contributed by atoms with Crippen LogP contribution >= 0.6 is 34.8 Å². The summed E-state index contributed by atoms with van der Waals surface area (Å²) < 4.78 is 26.5. The number of carbonyl (C=O) groups is 2. The molecule has 0 bridgehead atoms. The van der Waals surface area contributed by atoms with Crippen LogP contribution in [0, 0.1) is 0 Å². The van der Waals surface area contributed by atoms with E-state index in [1.54, 1.807) is 18.2 Å². The number of benzene rings is 3. The summed E-state index contributed by atoms with van der Waals surface area (Å²) in [4.78, 5) is 28.8. The van der Waals surface area contributed by atoms with Gasteiger partial charge in [0, 0.05) is 40.1 Å². The molecule has 208 valence electrons. The van der Waals surface area contributed by atoms with Gasteiger partial charge in [-0.2, -0.15) is 0 Å². The Morgan fingerprint density at radius 1 is 0.897 bits per heavy atom. The highest BCUT2D eigenvalue weighted by atomic mass is 35.5. The Morgan fingerprint density at radius 2 is 1.51 bits per heavy atom. The maximum atomic E-state index is 14.0. The molecule has 0 unspecified atom stereocenters. The average molecular weight is 611 g/mol. The smallest absolute Gasteiger partial charge is 0.244 e. The molecule has 0 aliphatic carbocycles. The molecule has 0 spiro atoms. The summed E-state index contributed by atoms with van der Waals surface area (Å²) >= 11 is 18.9. The van der Waals surface area contributed by atoms with E-state index < -0.39 is 28.5 Å². The third-order valence-electron chi connectivity index (χ3n) is 6.00. The van der Waals surface area contributed by atoms with E-state index in [1.807, 2.05) is 37.3 Å². The molecular formula is C28H30Cl3N3O4S. The Bertz CT molecular complexity index is 1370. The fourth-order valence-corrected chi connectivity index (χ4v) is 5.49. The lowest BCUT2D eigenvalue weighted by molar-refractivity contribution is -0.140. The summed E-state index contributed by atoms with van der Waals surface area (Å²) in [6.07, 6.45) is 1.91. The number of hydrogen-bond acceptors (Lipinski definition) is 4. The Hall–Kier alpha value is -2.78. The molecule has 1 atom stereocenters. The summed E-state index contributed by atoms with van der Waals surface area (Å²) in [5.74, 6) is -0.964. The van der Waals surface area contributed by atoms with Crippen LogP contribution in [0.4, 0.5) is 5.69 Å². The van der Waals surface area contributed by atoms with Crippen molar-refractivity contribution >= 4 is 62.3 Å². The Labute approximate surface area is 244 Å². The van der Waals surface area contributed by atoms with E-state index in [-0.39, 0.29) is 24.6 Å². The number of nitrogens with one attached hydrogen (secondary N) is 1. The first-order chi connectivity index (χ1) is 18.5. The Morgan fingerprint density at radius 3 is 2.08 bits per heavy atom. The minimum Gasteiger partial charge on any atom is -0.354 e. The van der Waals surface area contributed by atoms with Crippen LogP contribution in [0.3, 0.4) is 0 Å². The van der Waals surface area contributed by atoms with Crippen molar-refractivity contribution in [1.29, 1.82) is 0 Å². The molecule has 0 saturated heterocycles. The lowest BCUT2D eigenvalue weighted by atomic mass is 10.0. The first-order valence-electron chi connectivity index (χ1n) is 12.3. The highest BCUT2D eigenvalue weighted by Gasteiger charge is 2.33. The van der Waals surface area contributed by atoms with Gasteiger partial charge in [0.05, 0.1) is 11.9 Å². The van der Waals surface area contributed by atoms with Crippen LogP contribution in [0.25, 0.3) is 0 Å². The molecular weight excluding hydrogens is 581 g/mol. The summed E-state index contributed by atoms with van der Waals surface area (Å²) in [5, 5.41) is 3.95. The highest BCUT2D eigenvalue weighted by molar-refractivity contribution is 7.92. The molecule has 2 amide bonds. The van der Waals surface area contributed by atoms with Crippen molar-refractivity contribution < 1.29 is 18.0 Å². The minimum absolute atomic E-state index is 0.105. The highest BCUT2D eigenvalue weighted by Crippen LogP contribution is 2.28. The number of nitrogens with zero attached hydrogens (tertiary/aromatic N) is 2. The fraction of sp³-hybridized carbons (Fsp3) is 0.286. The molecule has 0 heterocycles. The molecule has 3 aromatic rings. The topological polar surface area (TPSA) is 86.8 Å². The molecule has 39 heavy (non-hydrogen) atoms. The number of anilines is 1. The second-order valence-electron chi connectivity index (χ2n) is 8.96. The molecule has 7 nitrogen and oxygen atoms in total. The van der Waals surface area contributed by atoms with Crippen LogP contribution < -0.4 is 9.62 Å². The van der Waals surface area contributed by atoms with Crippen molar-refractivity contribution in [3.05, 3.63) is 99.0 Å². The van der Waals surface area contributed by atoms with Gasteiger partial charge in [0.25, 0.3) is 0 Å². The minimum atomic E-state index is -3.88. The molecule has 0 radical (unpaired) electrons. The van der Waals surface area contributed by atoms with Gasteiger partial charge in [0.15, 0.2) is 0 Å². The second-order valence-corrected chi connectivity index (χ2v) is 12.1. The van der Waals surface area contributed by atoms with Crippen molar-refractivity contribution in [3.63, 3.8) is 0 Å². The van der Waals surface area contributed by atoms with Gasteiger partial charge in [-0.05, 0) is 48.4 Å². The van der Waals surface area contributed by atoms with Crippen molar-refractivity contribution in [2.24, 2.45) is 0 Å². The quantitative estimate of drug-likeness (QED) is 0.290. The second kappa shape index (κ2) is 14.0. The van der Waals surface area contributed by atoms with Gasteiger partial charge in [0.2, 0.25) is 21.8 Å². The van der Waals surface area contributed by atoms with E-state index in [1.165, 1.54) is 29.2 Å². The first-order valence-corrected chi connectivity index (χ1v) is 15.3. The van der Waals surface area contributed by atoms with Crippen molar-refractivity contribution in [2.45, 2.75) is 32.4 Å². The summed E-state index contributed by atoms with van der Waals surface area (Å²) in [5.41, 5.74) is 1.55. The number of amides is 2. The van der Waals surface area contributed by atoms with Gasteiger partial charge >= 0.3 is 0 Å². The van der Waals surface area contributed by atoms with E-state index in [0.717, 1.165) is 16.1 Å². The predicted octanol–water partition coefficient (Wildman–Crippen LogP) is 5.58. The molecule has 3 aromatic carbocycles. The number of carbonyl (C=O) groups excluding carboxylic acids is 2.